The van der Waals surface area contributed by atoms with E-state index < -0.39 is 66.1 Å². The average molecular weight is 574 g/mol. The summed E-state index contributed by atoms with van der Waals surface area (Å²) in [7, 11) is 0. The number of aromatic amines is 1. The predicted octanol–water partition coefficient (Wildman–Crippen LogP) is -1.84. The molecule has 1 aromatic heterocycles. The predicted molar refractivity (Wildman–Crippen MR) is 152 cm³/mol. The van der Waals surface area contributed by atoms with E-state index in [1.54, 1.807) is 20.0 Å². The number of H-pyrrole nitrogens is 1. The Morgan fingerprint density at radius 1 is 0.951 bits per heavy atom. The summed E-state index contributed by atoms with van der Waals surface area (Å²) >= 11 is 0. The fraction of sp³-hybridized carbons (Fsp3) is 0.462. The number of amides is 4. The van der Waals surface area contributed by atoms with E-state index in [4.69, 9.17) is 22.9 Å². The molecule has 4 unspecified atom stereocenters. The van der Waals surface area contributed by atoms with Crippen molar-refractivity contribution in [2.75, 3.05) is 6.54 Å². The molecule has 1 aromatic carbocycles. The molecule has 0 aliphatic rings. The molecule has 13 N–H and O–H groups in total. The molecule has 0 radical (unpaired) electrons. The number of nitrogens with one attached hydrogen (secondary N) is 4. The third-order valence-electron chi connectivity index (χ3n) is 6.30. The first-order valence-electron chi connectivity index (χ1n) is 13.1. The second-order valence-corrected chi connectivity index (χ2v) is 9.98. The summed E-state index contributed by atoms with van der Waals surface area (Å²) in [5.41, 5.74) is 23.0. The van der Waals surface area contributed by atoms with Crippen LogP contribution in [0.1, 0.15) is 38.7 Å². The highest BCUT2D eigenvalue weighted by molar-refractivity contribution is 5.95. The van der Waals surface area contributed by atoms with Gasteiger partial charge in [-0.3, -0.25) is 24.2 Å². The van der Waals surface area contributed by atoms with Gasteiger partial charge in [-0.15, -0.1) is 0 Å². The summed E-state index contributed by atoms with van der Waals surface area (Å²) in [5, 5.41) is 18.0. The normalized spacial score (nSPS) is 14.0. The third-order valence-corrected chi connectivity index (χ3v) is 6.30. The fourth-order valence-electron chi connectivity index (χ4n) is 4.13. The minimum Gasteiger partial charge on any atom is -0.480 e. The lowest BCUT2D eigenvalue weighted by Gasteiger charge is -2.27. The number of hydrogen-bond donors (Lipinski definition) is 9. The van der Waals surface area contributed by atoms with E-state index in [0.717, 1.165) is 10.9 Å². The van der Waals surface area contributed by atoms with E-state index in [1.165, 1.54) is 0 Å². The maximum atomic E-state index is 13.5. The first kappa shape index (κ1) is 32.6. The van der Waals surface area contributed by atoms with Gasteiger partial charge in [-0.2, -0.15) is 0 Å². The number of benzene rings is 1. The van der Waals surface area contributed by atoms with E-state index in [1.807, 2.05) is 24.3 Å². The van der Waals surface area contributed by atoms with Crippen molar-refractivity contribution >= 4 is 46.5 Å². The average Bonchev–Trinajstić information content (AvgIpc) is 3.30. The number of aromatic nitrogens is 1. The minimum absolute atomic E-state index is 0.0276. The summed E-state index contributed by atoms with van der Waals surface area (Å²) in [5.74, 6) is -4.82. The molecule has 4 atom stereocenters. The van der Waals surface area contributed by atoms with Gasteiger partial charge in [-0.05, 0) is 30.4 Å². The van der Waals surface area contributed by atoms with Crippen molar-refractivity contribution in [3.8, 4) is 0 Å². The first-order chi connectivity index (χ1) is 19.3. The molecule has 0 fully saturated rings. The van der Waals surface area contributed by atoms with Gasteiger partial charge in [0.05, 0.1) is 12.5 Å². The monoisotopic (exact) mass is 573 g/mol. The number of guanidine groups is 1. The molecule has 0 bridgehead atoms. The van der Waals surface area contributed by atoms with Crippen LogP contribution in [0, 0.1) is 5.92 Å². The number of aliphatic carboxylic acids is 1. The fourth-order valence-corrected chi connectivity index (χ4v) is 4.13. The van der Waals surface area contributed by atoms with E-state index in [-0.39, 0.29) is 31.8 Å². The quantitative estimate of drug-likeness (QED) is 0.0619. The van der Waals surface area contributed by atoms with Crippen LogP contribution in [0.2, 0.25) is 0 Å². The third kappa shape index (κ3) is 10.1. The van der Waals surface area contributed by atoms with Gasteiger partial charge in [0.1, 0.15) is 18.1 Å². The molecule has 15 heteroatoms. The second kappa shape index (κ2) is 15.2. The number of nitrogens with two attached hydrogens (primary N) is 4. The van der Waals surface area contributed by atoms with E-state index in [2.05, 4.69) is 25.9 Å². The van der Waals surface area contributed by atoms with Gasteiger partial charge in [-0.1, -0.05) is 32.0 Å². The number of carboxylic acids is 1. The van der Waals surface area contributed by atoms with Crippen LogP contribution in [0.25, 0.3) is 10.9 Å². The lowest BCUT2D eigenvalue weighted by Crippen LogP contribution is -2.59. The van der Waals surface area contributed by atoms with Crippen LogP contribution in [-0.4, -0.2) is 76.4 Å². The Labute approximate surface area is 236 Å². The largest absolute Gasteiger partial charge is 0.480 e. The molecule has 15 nitrogen and oxygen atoms in total. The number of nitrogens with zero attached hydrogens (tertiary/aromatic N) is 1. The molecule has 4 amide bonds. The number of carbonyl (C=O) groups excluding carboxylic acids is 4. The zero-order chi connectivity index (χ0) is 30.7. The van der Waals surface area contributed by atoms with Crippen LogP contribution >= 0.6 is 0 Å². The highest BCUT2D eigenvalue weighted by Crippen LogP contribution is 2.19. The van der Waals surface area contributed by atoms with Crippen molar-refractivity contribution in [1.29, 1.82) is 0 Å². The Morgan fingerprint density at radius 2 is 1.61 bits per heavy atom. The molecule has 0 saturated heterocycles. The standard InChI is InChI=1S/C26H39N9O6/c1-13(2)21(24(39)33-18(25(40)41)8-5-9-31-26(29)30)35-23(38)19(34-22(37)16(27)11-20(28)36)10-14-12-32-17-7-4-3-6-15(14)17/h3-4,6-7,12-13,16,18-19,21,32H,5,8-11,27H2,1-2H3,(H2,28,36)(H,33,39)(H,34,37)(H,35,38)(H,40,41)(H4,29,30,31). The summed E-state index contributed by atoms with van der Waals surface area (Å²) in [6, 6.07) is 2.51. The molecular formula is C26H39N9O6. The van der Waals surface area contributed by atoms with Gasteiger partial charge >= 0.3 is 5.97 Å². The number of rotatable bonds is 16. The van der Waals surface area contributed by atoms with Crippen LogP contribution in [0.15, 0.2) is 35.5 Å². The molecule has 1 heterocycles. The number of carbonyl (C=O) groups is 5. The Kier molecular flexibility index (Phi) is 12.1. The van der Waals surface area contributed by atoms with Gasteiger partial charge in [0, 0.05) is 30.1 Å². The van der Waals surface area contributed by atoms with E-state index >= 15 is 0 Å². The van der Waals surface area contributed by atoms with Crippen molar-refractivity contribution in [3.05, 3.63) is 36.0 Å². The van der Waals surface area contributed by atoms with Gasteiger partial charge < -0.3 is 49.0 Å². The number of para-hydroxylation sites is 1. The lowest BCUT2D eigenvalue weighted by atomic mass is 9.99. The number of hydrogen-bond acceptors (Lipinski definition) is 7. The SMILES string of the molecule is CC(C)C(NC(=O)C(Cc1c[nH]c2ccccc12)NC(=O)C(N)CC(N)=O)C(=O)NC(CCCN=C(N)N)C(=O)O. The maximum Gasteiger partial charge on any atom is 0.326 e. The first-order valence-corrected chi connectivity index (χ1v) is 13.1. The topological polar surface area (TPSA) is 274 Å². The second-order valence-electron chi connectivity index (χ2n) is 9.98. The van der Waals surface area contributed by atoms with Crippen molar-refractivity contribution < 1.29 is 29.1 Å². The van der Waals surface area contributed by atoms with E-state index in [0.29, 0.717) is 5.56 Å². The highest BCUT2D eigenvalue weighted by Gasteiger charge is 2.32. The highest BCUT2D eigenvalue weighted by atomic mass is 16.4. The van der Waals surface area contributed by atoms with Crippen molar-refractivity contribution in [1.82, 2.24) is 20.9 Å². The molecule has 0 aliphatic carbocycles. The Bertz CT molecular complexity index is 1270. The van der Waals surface area contributed by atoms with Gasteiger partial charge in [0.2, 0.25) is 23.6 Å². The van der Waals surface area contributed by atoms with Crippen molar-refractivity contribution in [3.63, 3.8) is 0 Å². The van der Waals surface area contributed by atoms with Crippen LogP contribution in [0.5, 0.6) is 0 Å². The zero-order valence-electron chi connectivity index (χ0n) is 23.1. The molecule has 2 rings (SSSR count). The maximum absolute atomic E-state index is 13.5. The number of aliphatic imine (C=N–C) groups is 1. The molecule has 224 valence electrons. The van der Waals surface area contributed by atoms with Gasteiger partial charge in [-0.25, -0.2) is 4.79 Å². The Balaban J connectivity index is 2.23. The van der Waals surface area contributed by atoms with E-state index in [9.17, 15) is 29.1 Å². The summed E-state index contributed by atoms with van der Waals surface area (Å²) in [6.45, 7) is 3.53. The van der Waals surface area contributed by atoms with Crippen molar-refractivity contribution in [2.24, 2.45) is 33.8 Å². The minimum atomic E-state index is -1.29. The van der Waals surface area contributed by atoms with Crippen LogP contribution < -0.4 is 38.9 Å². The van der Waals surface area contributed by atoms with Crippen LogP contribution in [0.4, 0.5) is 0 Å². The summed E-state index contributed by atoms with van der Waals surface area (Å²) in [6.07, 6.45) is 1.64. The van der Waals surface area contributed by atoms with Crippen LogP contribution in [-0.2, 0) is 30.4 Å². The Morgan fingerprint density at radius 3 is 2.22 bits per heavy atom. The zero-order valence-corrected chi connectivity index (χ0v) is 23.1. The number of fused-ring (bicyclic) bond motifs is 1. The summed E-state index contributed by atoms with van der Waals surface area (Å²) in [4.78, 5) is 69.2. The summed E-state index contributed by atoms with van der Waals surface area (Å²) < 4.78 is 0. The Hall–Kier alpha value is -4.66. The number of carboxylic acid groups (broad SMARTS) is 1. The smallest absolute Gasteiger partial charge is 0.326 e. The molecule has 41 heavy (non-hydrogen) atoms. The van der Waals surface area contributed by atoms with Gasteiger partial charge in [0.25, 0.3) is 0 Å². The lowest BCUT2D eigenvalue weighted by molar-refractivity contribution is -0.142. The van der Waals surface area contributed by atoms with Crippen molar-refractivity contribution in [2.45, 2.75) is 63.7 Å². The molecule has 0 saturated carbocycles. The molecular weight excluding hydrogens is 534 g/mol. The van der Waals surface area contributed by atoms with Crippen LogP contribution in [0.3, 0.4) is 0 Å². The number of primary amides is 1. The van der Waals surface area contributed by atoms with Gasteiger partial charge in [0.15, 0.2) is 5.96 Å². The molecule has 0 aliphatic heterocycles. The molecule has 2 aromatic rings. The molecule has 0 spiro atoms.